The van der Waals surface area contributed by atoms with Crippen LogP contribution < -0.4 is 4.74 Å². The van der Waals surface area contributed by atoms with E-state index in [9.17, 15) is 13.6 Å². The number of hydrogen-bond acceptors (Lipinski definition) is 5. The molecule has 1 aliphatic heterocycles. The summed E-state index contributed by atoms with van der Waals surface area (Å²) >= 11 is 0. The first-order valence-corrected chi connectivity index (χ1v) is 10.8. The molecule has 3 aliphatic carbocycles. The number of ether oxygens (including phenoxy) is 1. The van der Waals surface area contributed by atoms with Gasteiger partial charge in [-0.2, -0.15) is 10.4 Å². The van der Waals surface area contributed by atoms with E-state index < -0.39 is 17.7 Å². The van der Waals surface area contributed by atoms with Crippen LogP contribution in [0.2, 0.25) is 0 Å². The molecule has 0 N–H and O–H groups in total. The highest BCUT2D eigenvalue weighted by Gasteiger charge is 2.50. The van der Waals surface area contributed by atoms with Gasteiger partial charge in [0.05, 0.1) is 18.2 Å². The molecule has 1 aromatic carbocycles. The molecule has 6 rings (SSSR count). The van der Waals surface area contributed by atoms with Gasteiger partial charge in [-0.15, -0.1) is 0 Å². The monoisotopic (exact) mass is 436 g/mol. The molecule has 3 saturated carbocycles. The van der Waals surface area contributed by atoms with Crippen molar-refractivity contribution in [2.75, 3.05) is 6.61 Å². The minimum Gasteiger partial charge on any atom is -0.477 e. The SMILES string of the molecule is N#Cc1ccc(OC[C@@H]2C[C@H](C(=O)N3N=CCC3c3cc(F)cc(F)c3)C3CC2C3)nc1. The zero-order valence-corrected chi connectivity index (χ0v) is 17.3. The van der Waals surface area contributed by atoms with Crippen LogP contribution in [0, 0.1) is 46.6 Å². The summed E-state index contributed by atoms with van der Waals surface area (Å²) in [7, 11) is 0. The van der Waals surface area contributed by atoms with E-state index in [-0.39, 0.29) is 17.7 Å². The third-order valence-corrected chi connectivity index (χ3v) is 6.96. The number of aromatic nitrogens is 1. The van der Waals surface area contributed by atoms with Crippen molar-refractivity contribution >= 4 is 12.1 Å². The number of nitriles is 1. The van der Waals surface area contributed by atoms with Crippen molar-refractivity contribution in [2.24, 2.45) is 28.8 Å². The second-order valence-corrected chi connectivity index (χ2v) is 8.84. The van der Waals surface area contributed by atoms with Gasteiger partial charge in [0.25, 0.3) is 0 Å². The van der Waals surface area contributed by atoms with Crippen molar-refractivity contribution in [3.63, 3.8) is 0 Å². The Morgan fingerprint density at radius 3 is 2.62 bits per heavy atom. The van der Waals surface area contributed by atoms with Crippen molar-refractivity contribution in [2.45, 2.75) is 31.7 Å². The van der Waals surface area contributed by atoms with Crippen molar-refractivity contribution in [3.05, 3.63) is 59.3 Å². The van der Waals surface area contributed by atoms with Gasteiger partial charge in [-0.1, -0.05) is 0 Å². The number of hydrogen-bond donors (Lipinski definition) is 0. The molecule has 4 aliphatic rings. The Labute approximate surface area is 184 Å². The van der Waals surface area contributed by atoms with Crippen molar-refractivity contribution < 1.29 is 18.3 Å². The molecule has 1 amide bonds. The van der Waals surface area contributed by atoms with Gasteiger partial charge in [0.1, 0.15) is 17.7 Å². The molecule has 1 unspecified atom stereocenters. The van der Waals surface area contributed by atoms with Gasteiger partial charge in [0.2, 0.25) is 11.8 Å². The third kappa shape index (κ3) is 3.83. The second kappa shape index (κ2) is 8.30. The van der Waals surface area contributed by atoms with E-state index in [1.165, 1.54) is 23.3 Å². The first kappa shape index (κ1) is 20.6. The molecule has 164 valence electrons. The molecule has 0 spiro atoms. The molecule has 0 saturated heterocycles. The highest BCUT2D eigenvalue weighted by atomic mass is 19.1. The Bertz CT molecular complexity index is 1070. The Kier molecular flexibility index (Phi) is 5.33. The van der Waals surface area contributed by atoms with Crippen LogP contribution in [0.15, 0.2) is 41.6 Å². The number of carbonyl (C=O) groups is 1. The molecular formula is C24H22F2N4O2. The molecule has 8 heteroatoms. The van der Waals surface area contributed by atoms with Crippen molar-refractivity contribution in [3.8, 4) is 11.9 Å². The van der Waals surface area contributed by atoms with E-state index in [0.29, 0.717) is 48.3 Å². The Hall–Kier alpha value is -3.34. The number of pyridine rings is 1. The lowest BCUT2D eigenvalue weighted by Crippen LogP contribution is -2.50. The predicted octanol–water partition coefficient (Wildman–Crippen LogP) is 4.23. The average Bonchev–Trinajstić information content (AvgIpc) is 3.26. The Morgan fingerprint density at radius 2 is 1.94 bits per heavy atom. The van der Waals surface area contributed by atoms with Crippen LogP contribution in [0.1, 0.15) is 42.9 Å². The summed E-state index contributed by atoms with van der Waals surface area (Å²) in [6.07, 6.45) is 6.19. The van der Waals surface area contributed by atoms with Crippen LogP contribution in [0.5, 0.6) is 5.88 Å². The highest BCUT2D eigenvalue weighted by Crippen LogP contribution is 2.53. The fraction of sp³-hybridized carbons (Fsp3) is 0.417. The number of fused-ring (bicyclic) bond motifs is 2. The van der Waals surface area contributed by atoms with Gasteiger partial charge < -0.3 is 4.74 Å². The molecule has 1 aromatic heterocycles. The standard InChI is InChI=1S/C24H22F2N4O2/c25-19-7-17(8-20(26)10-19)22-3-4-29-30(22)24(31)21-9-18(15-5-16(21)6-15)13-32-23-2-1-14(11-27)12-28-23/h1-2,4,7-8,10,12,15-16,18,21-22H,3,5-6,9,13H2/t15?,16?,18-,21-,22?/m0/s1. The fourth-order valence-corrected chi connectivity index (χ4v) is 5.20. The van der Waals surface area contributed by atoms with E-state index in [1.807, 2.05) is 6.07 Å². The largest absolute Gasteiger partial charge is 0.477 e. The maximum Gasteiger partial charge on any atom is 0.246 e. The summed E-state index contributed by atoms with van der Waals surface area (Å²) in [4.78, 5) is 17.6. The summed E-state index contributed by atoms with van der Waals surface area (Å²) in [5, 5.41) is 14.6. The van der Waals surface area contributed by atoms with E-state index in [2.05, 4.69) is 10.1 Å². The number of rotatable bonds is 5. The summed E-state index contributed by atoms with van der Waals surface area (Å²) in [6, 6.07) is 8.25. The average molecular weight is 436 g/mol. The quantitative estimate of drug-likeness (QED) is 0.703. The van der Waals surface area contributed by atoms with Gasteiger partial charge in [-0.05, 0) is 60.8 Å². The number of benzene rings is 1. The van der Waals surface area contributed by atoms with Crippen LogP contribution in [-0.4, -0.2) is 28.7 Å². The molecule has 6 nitrogen and oxygen atoms in total. The normalized spacial score (nSPS) is 28.2. The number of halogens is 2. The lowest BCUT2D eigenvalue weighted by molar-refractivity contribution is -0.148. The van der Waals surface area contributed by atoms with Gasteiger partial charge in [-0.3, -0.25) is 4.79 Å². The van der Waals surface area contributed by atoms with Crippen LogP contribution >= 0.6 is 0 Å². The number of nitrogens with zero attached hydrogens (tertiary/aromatic N) is 4. The zero-order chi connectivity index (χ0) is 22.2. The van der Waals surface area contributed by atoms with Gasteiger partial charge >= 0.3 is 0 Å². The van der Waals surface area contributed by atoms with Gasteiger partial charge in [0.15, 0.2) is 0 Å². The van der Waals surface area contributed by atoms with Crippen LogP contribution in [-0.2, 0) is 4.79 Å². The zero-order valence-electron chi connectivity index (χ0n) is 17.3. The molecule has 32 heavy (non-hydrogen) atoms. The molecule has 2 bridgehead atoms. The molecule has 3 fully saturated rings. The molecule has 2 heterocycles. The highest BCUT2D eigenvalue weighted by molar-refractivity contribution is 5.82. The number of amides is 1. The Balaban J connectivity index is 1.26. The third-order valence-electron chi connectivity index (χ3n) is 6.96. The first-order valence-electron chi connectivity index (χ1n) is 10.8. The maximum atomic E-state index is 13.7. The second-order valence-electron chi connectivity index (χ2n) is 8.84. The molecule has 3 atom stereocenters. The summed E-state index contributed by atoms with van der Waals surface area (Å²) < 4.78 is 33.3. The number of hydrazone groups is 1. The van der Waals surface area contributed by atoms with Crippen molar-refractivity contribution in [1.29, 1.82) is 5.26 Å². The van der Waals surface area contributed by atoms with E-state index in [1.54, 1.807) is 18.3 Å². The molecule has 0 radical (unpaired) electrons. The minimum absolute atomic E-state index is 0.0851. The molecular weight excluding hydrogens is 414 g/mol. The first-order chi connectivity index (χ1) is 15.5. The summed E-state index contributed by atoms with van der Waals surface area (Å²) in [6.45, 7) is 0.460. The van der Waals surface area contributed by atoms with E-state index in [4.69, 9.17) is 10.00 Å². The fourth-order valence-electron chi connectivity index (χ4n) is 5.20. The van der Waals surface area contributed by atoms with Crippen LogP contribution in [0.3, 0.4) is 0 Å². The Morgan fingerprint density at radius 1 is 1.16 bits per heavy atom. The van der Waals surface area contributed by atoms with Crippen LogP contribution in [0.25, 0.3) is 0 Å². The predicted molar refractivity (Wildman–Crippen MR) is 111 cm³/mol. The van der Waals surface area contributed by atoms with E-state index >= 15 is 0 Å². The van der Waals surface area contributed by atoms with Crippen LogP contribution in [0.4, 0.5) is 8.78 Å². The molecule has 2 aromatic rings. The minimum atomic E-state index is -0.660. The van der Waals surface area contributed by atoms with Gasteiger partial charge in [-0.25, -0.2) is 18.8 Å². The lowest BCUT2D eigenvalue weighted by Gasteiger charge is -2.51. The summed E-state index contributed by atoms with van der Waals surface area (Å²) in [5.74, 6) is -0.0552. The smallest absolute Gasteiger partial charge is 0.246 e. The van der Waals surface area contributed by atoms with E-state index in [0.717, 1.165) is 18.9 Å². The van der Waals surface area contributed by atoms with Gasteiger partial charge in [0, 0.05) is 36.9 Å². The topological polar surface area (TPSA) is 78.6 Å². The maximum absolute atomic E-state index is 13.7. The number of carbonyl (C=O) groups excluding carboxylic acids is 1. The van der Waals surface area contributed by atoms with Crippen molar-refractivity contribution in [1.82, 2.24) is 9.99 Å². The lowest BCUT2D eigenvalue weighted by atomic mass is 9.55. The summed E-state index contributed by atoms with van der Waals surface area (Å²) in [5.41, 5.74) is 0.892.